The number of quaternary nitrogens is 1. The molecule has 0 radical (unpaired) electrons. The van der Waals surface area contributed by atoms with Crippen molar-refractivity contribution >= 4 is 0 Å². The fourth-order valence-corrected chi connectivity index (χ4v) is 3.96. The Morgan fingerprint density at radius 2 is 1.16 bits per heavy atom. The van der Waals surface area contributed by atoms with Crippen molar-refractivity contribution < 1.29 is 43.0 Å². The number of hydrogen-bond acceptors (Lipinski definition) is 1. The van der Waals surface area contributed by atoms with E-state index in [0.717, 1.165) is 6.54 Å². The van der Waals surface area contributed by atoms with Crippen LogP contribution in [-0.4, -0.2) is 36.7 Å². The molecule has 2 aromatic rings. The second-order valence-corrected chi connectivity index (χ2v) is 9.13. The molecule has 0 bridgehead atoms. The van der Waals surface area contributed by atoms with E-state index in [1.807, 2.05) is 12.4 Å². The summed E-state index contributed by atoms with van der Waals surface area (Å²) in [5, 5.41) is 0. The Balaban J connectivity index is 0.00000450. The zero-order valence-electron chi connectivity index (χ0n) is 19.9. The van der Waals surface area contributed by atoms with E-state index in [1.54, 1.807) is 0 Å². The number of aromatic nitrogens is 2. The second kappa shape index (κ2) is 17.7. The van der Waals surface area contributed by atoms with Gasteiger partial charge in [-0.05, 0) is 36.1 Å². The molecule has 0 unspecified atom stereocenters. The van der Waals surface area contributed by atoms with Crippen molar-refractivity contribution in [1.29, 1.82) is 0 Å². The van der Waals surface area contributed by atoms with Gasteiger partial charge in [0.25, 0.3) is 0 Å². The summed E-state index contributed by atoms with van der Waals surface area (Å²) in [4.78, 5) is 4.09. The van der Waals surface area contributed by atoms with Gasteiger partial charge in [0, 0.05) is 37.4 Å². The molecule has 2 rings (SSSR count). The van der Waals surface area contributed by atoms with Crippen molar-refractivity contribution in [2.45, 2.75) is 77.7 Å². The van der Waals surface area contributed by atoms with Crippen LogP contribution in [0.5, 0.6) is 0 Å². The van der Waals surface area contributed by atoms with Gasteiger partial charge >= 0.3 is 0 Å². The summed E-state index contributed by atoms with van der Waals surface area (Å²) in [6.45, 7) is 6.00. The van der Waals surface area contributed by atoms with Gasteiger partial charge in [0.2, 0.25) is 0 Å². The first-order valence-electron chi connectivity index (χ1n) is 11.8. The van der Waals surface area contributed by atoms with Crippen LogP contribution in [0.2, 0.25) is 0 Å². The summed E-state index contributed by atoms with van der Waals surface area (Å²) in [5.41, 5.74) is 2.49. The summed E-state index contributed by atoms with van der Waals surface area (Å²) in [6.07, 6.45) is 21.9. The third-order valence-electron chi connectivity index (χ3n) is 5.95. The molecule has 0 aromatic carbocycles. The minimum atomic E-state index is 0. The van der Waals surface area contributed by atoms with Crippen molar-refractivity contribution in [3.05, 3.63) is 49.1 Å². The third kappa shape index (κ3) is 13.4. The van der Waals surface area contributed by atoms with E-state index >= 15 is 0 Å². The van der Waals surface area contributed by atoms with Gasteiger partial charge in [-0.2, -0.15) is 0 Å². The smallest absolute Gasteiger partial charge is 0.169 e. The Hall–Kier alpha value is -0.780. The molecule has 0 aliphatic rings. The number of pyridine rings is 2. The highest BCUT2D eigenvalue weighted by Gasteiger charge is 2.14. The highest BCUT2D eigenvalue weighted by molar-refractivity contribution is 5.61. The van der Waals surface area contributed by atoms with Crippen LogP contribution in [0.1, 0.15) is 71.1 Å². The fraction of sp³-hybridized carbons (Fsp3) is 0.615. The number of unbranched alkanes of at least 4 members (excludes halogenated alkanes) is 8. The van der Waals surface area contributed by atoms with Gasteiger partial charge in [-0.3, -0.25) is 4.98 Å². The number of halogens is 2. The lowest BCUT2D eigenvalue weighted by molar-refractivity contribution is -0.891. The molecular formula is C26H43Br2N3. The van der Waals surface area contributed by atoms with Gasteiger partial charge in [-0.25, -0.2) is 4.57 Å². The van der Waals surface area contributed by atoms with E-state index in [0.29, 0.717) is 0 Å². The van der Waals surface area contributed by atoms with E-state index in [-0.39, 0.29) is 34.0 Å². The van der Waals surface area contributed by atoms with Crippen LogP contribution < -0.4 is 38.5 Å². The number of nitrogens with zero attached hydrogens (tertiary/aromatic N) is 3. The third-order valence-corrected chi connectivity index (χ3v) is 5.95. The molecule has 31 heavy (non-hydrogen) atoms. The van der Waals surface area contributed by atoms with E-state index in [2.05, 4.69) is 67.2 Å². The van der Waals surface area contributed by atoms with Gasteiger partial charge in [0.1, 0.15) is 6.54 Å². The van der Waals surface area contributed by atoms with Gasteiger partial charge < -0.3 is 38.4 Å². The van der Waals surface area contributed by atoms with E-state index in [4.69, 9.17) is 0 Å². The SMILES string of the molecule is CCCCCCCCCC[N+](C)(C)CCCC[n+]1ccc(-c2ccncc2)cc1.[Br-].[Br-]. The lowest BCUT2D eigenvalue weighted by Gasteiger charge is -2.29. The van der Waals surface area contributed by atoms with E-state index in [9.17, 15) is 0 Å². The van der Waals surface area contributed by atoms with Crippen molar-refractivity contribution in [2.75, 3.05) is 27.2 Å². The monoisotopic (exact) mass is 555 g/mol. The highest BCUT2D eigenvalue weighted by Crippen LogP contribution is 2.16. The van der Waals surface area contributed by atoms with E-state index in [1.165, 1.54) is 92.9 Å². The van der Waals surface area contributed by atoms with Crippen molar-refractivity contribution in [1.82, 2.24) is 4.98 Å². The van der Waals surface area contributed by atoms with Crippen molar-refractivity contribution in [3.63, 3.8) is 0 Å². The first-order valence-corrected chi connectivity index (χ1v) is 11.8. The highest BCUT2D eigenvalue weighted by atomic mass is 79.9. The molecule has 0 N–H and O–H groups in total. The molecule has 0 spiro atoms. The predicted octanol–water partition coefficient (Wildman–Crippen LogP) is 0.0414. The lowest BCUT2D eigenvalue weighted by atomic mass is 10.1. The van der Waals surface area contributed by atoms with Gasteiger partial charge in [0.05, 0.1) is 27.2 Å². The summed E-state index contributed by atoms with van der Waals surface area (Å²) in [6, 6.07) is 8.54. The van der Waals surface area contributed by atoms with Crippen molar-refractivity contribution in [2.24, 2.45) is 0 Å². The Morgan fingerprint density at radius 3 is 1.74 bits per heavy atom. The Bertz CT molecular complexity index is 660. The summed E-state index contributed by atoms with van der Waals surface area (Å²) < 4.78 is 3.48. The van der Waals surface area contributed by atoms with Crippen LogP contribution in [0.4, 0.5) is 0 Å². The molecular weight excluding hydrogens is 514 g/mol. The number of rotatable bonds is 15. The molecule has 0 saturated carbocycles. The quantitative estimate of drug-likeness (QED) is 0.172. The van der Waals surface area contributed by atoms with Crippen LogP contribution in [0.15, 0.2) is 49.1 Å². The molecule has 0 amide bonds. The van der Waals surface area contributed by atoms with Crippen molar-refractivity contribution in [3.8, 4) is 11.1 Å². The fourth-order valence-electron chi connectivity index (χ4n) is 3.96. The van der Waals surface area contributed by atoms with Crippen LogP contribution in [0, 0.1) is 0 Å². The summed E-state index contributed by atoms with van der Waals surface area (Å²) in [7, 11) is 4.80. The molecule has 0 fully saturated rings. The first-order chi connectivity index (χ1) is 14.1. The molecule has 5 heteroatoms. The van der Waals surface area contributed by atoms with Gasteiger partial charge in [0.15, 0.2) is 12.4 Å². The average Bonchev–Trinajstić information content (AvgIpc) is 2.74. The summed E-state index contributed by atoms with van der Waals surface area (Å²) >= 11 is 0. The summed E-state index contributed by atoms with van der Waals surface area (Å²) in [5.74, 6) is 0. The molecule has 0 saturated heterocycles. The lowest BCUT2D eigenvalue weighted by Crippen LogP contribution is -3.00. The standard InChI is InChI=1S/C26H43N3.2BrH/c1-4-5-6-7-8-9-10-12-23-29(2,3)24-13-11-20-28-21-16-26(17-22-28)25-14-18-27-19-15-25;;/h14-19,21-22H,4-13,20,23-24H2,1-3H3;2*1H/q+2;;/p-2. The molecule has 0 aliphatic heterocycles. The maximum atomic E-state index is 4.09. The minimum Gasteiger partial charge on any atom is -1.00 e. The Morgan fingerprint density at radius 1 is 0.677 bits per heavy atom. The van der Waals surface area contributed by atoms with Crippen LogP contribution in [0.25, 0.3) is 11.1 Å². The Kier molecular flexibility index (Phi) is 17.3. The second-order valence-electron chi connectivity index (χ2n) is 9.13. The largest absolute Gasteiger partial charge is 1.00 e. The maximum absolute atomic E-state index is 4.09. The molecule has 2 heterocycles. The minimum absolute atomic E-state index is 0. The van der Waals surface area contributed by atoms with Gasteiger partial charge in [-0.15, -0.1) is 0 Å². The average molecular weight is 557 g/mol. The van der Waals surface area contributed by atoms with Crippen LogP contribution in [-0.2, 0) is 6.54 Å². The first kappa shape index (κ1) is 30.2. The molecule has 0 atom stereocenters. The topological polar surface area (TPSA) is 16.8 Å². The molecule has 0 aliphatic carbocycles. The normalized spacial score (nSPS) is 10.9. The molecule has 2 aromatic heterocycles. The zero-order valence-corrected chi connectivity index (χ0v) is 23.1. The maximum Gasteiger partial charge on any atom is 0.169 e. The van der Waals surface area contributed by atoms with Crippen LogP contribution >= 0.6 is 0 Å². The van der Waals surface area contributed by atoms with E-state index < -0.39 is 0 Å². The predicted molar refractivity (Wildman–Crippen MR) is 124 cm³/mol. The number of aryl methyl sites for hydroxylation is 1. The molecule has 176 valence electrons. The van der Waals surface area contributed by atoms with Gasteiger partial charge in [-0.1, -0.05) is 45.4 Å². The van der Waals surface area contributed by atoms with Crippen LogP contribution in [0.3, 0.4) is 0 Å². The zero-order chi connectivity index (χ0) is 20.8. The Labute approximate surface area is 212 Å². The number of hydrogen-bond donors (Lipinski definition) is 0. The molecule has 3 nitrogen and oxygen atoms in total.